The molecule has 7 nitrogen and oxygen atoms in total. The van der Waals surface area contributed by atoms with Crippen molar-refractivity contribution in [3.63, 3.8) is 0 Å². The number of para-hydroxylation sites is 1. The van der Waals surface area contributed by atoms with Gasteiger partial charge in [0.25, 0.3) is 11.5 Å². The summed E-state index contributed by atoms with van der Waals surface area (Å²) >= 11 is 11.9. The summed E-state index contributed by atoms with van der Waals surface area (Å²) in [5.74, 6) is -0.183. The number of carbonyl (C=O) groups is 1. The van der Waals surface area contributed by atoms with Crippen molar-refractivity contribution in [3.05, 3.63) is 91.9 Å². The number of nitrogens with zero attached hydrogens (tertiary/aromatic N) is 2. The number of nitrogens with one attached hydrogen (secondary N) is 1. The molecule has 0 fully saturated rings. The van der Waals surface area contributed by atoms with Gasteiger partial charge in [-0.2, -0.15) is 0 Å². The summed E-state index contributed by atoms with van der Waals surface area (Å²) < 4.78 is 6.85. The van der Waals surface area contributed by atoms with Crippen molar-refractivity contribution in [1.29, 1.82) is 0 Å². The van der Waals surface area contributed by atoms with E-state index in [1.165, 1.54) is 23.0 Å². The quantitative estimate of drug-likeness (QED) is 0.415. The third kappa shape index (κ3) is 4.37. The number of fused-ring (bicyclic) bond motifs is 1. The fourth-order valence-electron chi connectivity index (χ4n) is 3.52. The van der Waals surface area contributed by atoms with Gasteiger partial charge in [0.05, 0.1) is 46.6 Å². The highest BCUT2D eigenvalue weighted by Gasteiger charge is 2.18. The fraction of sp³-hybridized carbons (Fsp3) is 0.125. The van der Waals surface area contributed by atoms with E-state index in [2.05, 4.69) is 10.3 Å². The predicted octanol–water partition coefficient (Wildman–Crippen LogP) is 5.03. The number of hydrogen-bond acceptors (Lipinski definition) is 5. The SMILES string of the molecule is COc1ccccc1Cn1cnc2ccc(C)c(NC(=O)c3cc(Cl)c(O)c(Cl)c3)c2c1=O. The number of phenols is 1. The fourth-order valence-corrected chi connectivity index (χ4v) is 4.01. The molecule has 0 aliphatic rings. The van der Waals surface area contributed by atoms with Crippen molar-refractivity contribution in [2.45, 2.75) is 13.5 Å². The Morgan fingerprint density at radius 1 is 1.15 bits per heavy atom. The van der Waals surface area contributed by atoms with Gasteiger partial charge in [0.15, 0.2) is 5.75 Å². The monoisotopic (exact) mass is 483 g/mol. The minimum Gasteiger partial charge on any atom is -0.505 e. The standard InChI is InChI=1S/C24H19Cl2N3O4/c1-13-7-8-18-20(21(13)28-23(31)15-9-16(25)22(30)17(26)10-15)24(32)29(12-27-18)11-14-5-3-4-6-19(14)33-2/h3-10,12,30H,11H2,1-2H3,(H,28,31). The molecule has 9 heteroatoms. The number of halogens is 2. The van der Waals surface area contributed by atoms with Crippen LogP contribution in [-0.2, 0) is 6.54 Å². The van der Waals surface area contributed by atoms with E-state index < -0.39 is 5.91 Å². The number of methoxy groups -OCH3 is 1. The Hall–Kier alpha value is -3.55. The molecule has 0 spiro atoms. The van der Waals surface area contributed by atoms with Gasteiger partial charge >= 0.3 is 0 Å². The van der Waals surface area contributed by atoms with Gasteiger partial charge in [0, 0.05) is 11.1 Å². The van der Waals surface area contributed by atoms with Crippen LogP contribution in [0.1, 0.15) is 21.5 Å². The number of benzene rings is 3. The van der Waals surface area contributed by atoms with Gasteiger partial charge in [0.1, 0.15) is 5.75 Å². The molecular formula is C24H19Cl2N3O4. The van der Waals surface area contributed by atoms with E-state index in [1.54, 1.807) is 26.2 Å². The lowest BCUT2D eigenvalue weighted by atomic mass is 10.1. The van der Waals surface area contributed by atoms with Crippen molar-refractivity contribution >= 4 is 45.7 Å². The summed E-state index contributed by atoms with van der Waals surface area (Å²) in [6.07, 6.45) is 1.47. The molecule has 2 N–H and O–H groups in total. The van der Waals surface area contributed by atoms with Crippen molar-refractivity contribution in [3.8, 4) is 11.5 Å². The van der Waals surface area contributed by atoms with Crippen LogP contribution < -0.4 is 15.6 Å². The molecule has 0 aliphatic heterocycles. The number of aromatic nitrogens is 2. The van der Waals surface area contributed by atoms with E-state index >= 15 is 0 Å². The van der Waals surface area contributed by atoms with Crippen LogP contribution >= 0.6 is 23.2 Å². The third-order valence-corrected chi connectivity index (χ3v) is 5.83. The van der Waals surface area contributed by atoms with Crippen LogP contribution in [0.25, 0.3) is 10.9 Å². The second-order valence-corrected chi connectivity index (χ2v) is 8.20. The molecule has 0 unspecified atom stereocenters. The van der Waals surface area contributed by atoms with Crippen LogP contribution in [0.5, 0.6) is 11.5 Å². The lowest BCUT2D eigenvalue weighted by Gasteiger charge is -2.14. The normalized spacial score (nSPS) is 10.9. The van der Waals surface area contributed by atoms with Gasteiger partial charge in [-0.05, 0) is 36.8 Å². The molecule has 168 valence electrons. The summed E-state index contributed by atoms with van der Waals surface area (Å²) in [7, 11) is 1.57. The summed E-state index contributed by atoms with van der Waals surface area (Å²) in [4.78, 5) is 30.8. The molecule has 0 radical (unpaired) electrons. The zero-order valence-electron chi connectivity index (χ0n) is 17.7. The summed E-state index contributed by atoms with van der Waals surface area (Å²) in [5, 5.41) is 12.7. The van der Waals surface area contributed by atoms with E-state index in [0.29, 0.717) is 22.5 Å². The van der Waals surface area contributed by atoms with E-state index in [4.69, 9.17) is 27.9 Å². The Kier molecular flexibility index (Phi) is 6.26. The number of aryl methyl sites for hydroxylation is 1. The van der Waals surface area contributed by atoms with Gasteiger partial charge < -0.3 is 15.2 Å². The summed E-state index contributed by atoms with van der Waals surface area (Å²) in [6.45, 7) is 2.03. The average Bonchev–Trinajstić information content (AvgIpc) is 2.80. The topological polar surface area (TPSA) is 93.4 Å². The van der Waals surface area contributed by atoms with Crippen LogP contribution in [0.15, 0.2) is 59.7 Å². The molecule has 0 atom stereocenters. The lowest BCUT2D eigenvalue weighted by molar-refractivity contribution is 0.102. The Morgan fingerprint density at radius 2 is 1.85 bits per heavy atom. The molecule has 4 aromatic rings. The first-order valence-electron chi connectivity index (χ1n) is 9.90. The van der Waals surface area contributed by atoms with Crippen LogP contribution in [0.3, 0.4) is 0 Å². The van der Waals surface area contributed by atoms with Crippen molar-refractivity contribution in [2.24, 2.45) is 0 Å². The van der Waals surface area contributed by atoms with Gasteiger partial charge in [-0.1, -0.05) is 47.5 Å². The molecule has 1 amide bonds. The number of anilines is 1. The Morgan fingerprint density at radius 3 is 2.55 bits per heavy atom. The lowest BCUT2D eigenvalue weighted by Crippen LogP contribution is -2.23. The van der Waals surface area contributed by atoms with E-state index in [9.17, 15) is 14.7 Å². The van der Waals surface area contributed by atoms with Crippen molar-refractivity contribution in [2.75, 3.05) is 12.4 Å². The van der Waals surface area contributed by atoms with E-state index in [0.717, 1.165) is 5.56 Å². The zero-order valence-corrected chi connectivity index (χ0v) is 19.2. The number of hydrogen-bond donors (Lipinski definition) is 2. The number of amides is 1. The van der Waals surface area contributed by atoms with Crippen LogP contribution in [-0.4, -0.2) is 27.7 Å². The van der Waals surface area contributed by atoms with Crippen LogP contribution in [0, 0.1) is 6.92 Å². The third-order valence-electron chi connectivity index (χ3n) is 5.25. The summed E-state index contributed by atoms with van der Waals surface area (Å²) in [5.41, 5.74) is 2.10. The molecular weight excluding hydrogens is 465 g/mol. The highest BCUT2D eigenvalue weighted by atomic mass is 35.5. The van der Waals surface area contributed by atoms with Gasteiger partial charge in [0.2, 0.25) is 0 Å². The van der Waals surface area contributed by atoms with Gasteiger partial charge in [-0.25, -0.2) is 4.98 Å². The number of phenolic OH excluding ortho intramolecular Hbond substituents is 1. The number of aromatic hydroxyl groups is 1. The first-order chi connectivity index (χ1) is 15.8. The number of carbonyl (C=O) groups excluding carboxylic acids is 1. The second kappa shape index (κ2) is 9.13. The Bertz CT molecular complexity index is 1430. The molecule has 1 heterocycles. The maximum atomic E-state index is 13.4. The molecule has 0 saturated carbocycles. The largest absolute Gasteiger partial charge is 0.505 e. The Balaban J connectivity index is 1.79. The number of rotatable bonds is 5. The van der Waals surface area contributed by atoms with Gasteiger partial charge in [-0.15, -0.1) is 0 Å². The second-order valence-electron chi connectivity index (χ2n) is 7.38. The molecule has 0 saturated heterocycles. The molecule has 33 heavy (non-hydrogen) atoms. The predicted molar refractivity (Wildman–Crippen MR) is 129 cm³/mol. The van der Waals surface area contributed by atoms with E-state index in [-0.39, 0.29) is 38.8 Å². The first kappa shape index (κ1) is 22.6. The molecule has 1 aromatic heterocycles. The summed E-state index contributed by atoms with van der Waals surface area (Å²) in [6, 6.07) is 13.5. The van der Waals surface area contributed by atoms with Gasteiger partial charge in [-0.3, -0.25) is 14.2 Å². The van der Waals surface area contributed by atoms with Crippen LogP contribution in [0.2, 0.25) is 10.0 Å². The van der Waals surface area contributed by atoms with Crippen molar-refractivity contribution in [1.82, 2.24) is 9.55 Å². The minimum absolute atomic E-state index is 0.0527. The average molecular weight is 484 g/mol. The highest BCUT2D eigenvalue weighted by Crippen LogP contribution is 2.33. The minimum atomic E-state index is -0.533. The molecule has 3 aromatic carbocycles. The number of ether oxygens (including phenoxy) is 1. The van der Waals surface area contributed by atoms with Crippen molar-refractivity contribution < 1.29 is 14.6 Å². The molecule has 4 rings (SSSR count). The molecule has 0 bridgehead atoms. The van der Waals surface area contributed by atoms with Crippen LogP contribution in [0.4, 0.5) is 5.69 Å². The highest BCUT2D eigenvalue weighted by molar-refractivity contribution is 6.37. The van der Waals surface area contributed by atoms with E-state index in [1.807, 2.05) is 24.3 Å². The molecule has 0 aliphatic carbocycles. The smallest absolute Gasteiger partial charge is 0.263 e. The maximum Gasteiger partial charge on any atom is 0.263 e. The zero-order chi connectivity index (χ0) is 23.7. The maximum absolute atomic E-state index is 13.4. The first-order valence-corrected chi connectivity index (χ1v) is 10.7. The Labute approximate surface area is 199 Å².